The third kappa shape index (κ3) is 39.9. The van der Waals surface area contributed by atoms with Crippen LogP contribution < -0.4 is 39.1 Å². The molecule has 0 fully saturated rings. The van der Waals surface area contributed by atoms with E-state index >= 15 is 0 Å². The van der Waals surface area contributed by atoms with Gasteiger partial charge in [-0.1, -0.05) is 184 Å². The fourth-order valence-electron chi connectivity index (χ4n) is 5.77. The summed E-state index contributed by atoms with van der Waals surface area (Å²) < 4.78 is 43.4. The third-order valence-electron chi connectivity index (χ3n) is 8.91. The summed E-state index contributed by atoms with van der Waals surface area (Å²) in [5.74, 6) is 0. The largest absolute Gasteiger partial charge is 2.00 e. The van der Waals surface area contributed by atoms with E-state index in [-0.39, 0.29) is 63.4 Å². The zero-order chi connectivity index (χ0) is 39.8. The van der Waals surface area contributed by atoms with E-state index in [0.29, 0.717) is 12.8 Å². The molecular formula is C36H68CaO12P4-6. The van der Waals surface area contributed by atoms with Crippen LogP contribution in [0.2, 0.25) is 0 Å². The van der Waals surface area contributed by atoms with Crippen molar-refractivity contribution in [2.45, 2.75) is 204 Å². The van der Waals surface area contributed by atoms with E-state index in [2.05, 4.69) is 38.2 Å². The van der Waals surface area contributed by atoms with E-state index in [4.69, 9.17) is 0 Å². The molecule has 0 bridgehead atoms. The maximum absolute atomic E-state index is 10.8. The van der Waals surface area contributed by atoms with Crippen molar-refractivity contribution < 1.29 is 57.4 Å². The first-order valence-electron chi connectivity index (χ1n) is 19.8. The van der Waals surface area contributed by atoms with Crippen molar-refractivity contribution in [3.63, 3.8) is 0 Å². The summed E-state index contributed by atoms with van der Waals surface area (Å²) in [6, 6.07) is 0. The number of hydrogen-bond donors (Lipinski definition) is 0. The van der Waals surface area contributed by atoms with Gasteiger partial charge in [-0.2, -0.15) is 0 Å². The Bertz CT molecular complexity index is 956. The van der Waals surface area contributed by atoms with Gasteiger partial charge < -0.3 is 57.4 Å². The molecule has 0 aliphatic heterocycles. The predicted octanol–water partition coefficient (Wildman–Crippen LogP) is 5.97. The Hall–Kier alpha value is 1.34. The SMILES string of the molecule is CCCCCCCC/C=C\CCCCCCCC(P(=O)([O-])[O-])P(=O)([O-])[O-].CCCCCCCC/C=C\CCCCCCCC(P(=O)([O-])[O-])P(=O)([O-])[O-].[Ca+2]. The fourth-order valence-corrected chi connectivity index (χ4v) is 10.5. The number of rotatable bonds is 34. The maximum atomic E-state index is 10.8. The standard InChI is InChI=1S/2C18H38O6P2.Ca/c2*1-2-3-4-5-6-7-8-9-10-11-12-13-14-15-16-17-18(25(19,20)21)26(22,23)24;/h2*9-10,18H,2-8,11-17H2,1H3,(H2,19,20,21)(H2,22,23,24);/q;;+2/p-8/b2*10-9-;. The molecule has 0 aliphatic carbocycles. The van der Waals surface area contributed by atoms with E-state index in [1.165, 1.54) is 77.0 Å². The average Bonchev–Trinajstić information content (AvgIpc) is 3.02. The Balaban J connectivity index is -0.000000926. The molecule has 0 heterocycles. The van der Waals surface area contributed by atoms with E-state index in [1.807, 2.05) is 0 Å². The Morgan fingerprint density at radius 1 is 0.340 bits per heavy atom. The van der Waals surface area contributed by atoms with Crippen molar-refractivity contribution in [1.82, 2.24) is 0 Å². The third-order valence-corrected chi connectivity index (χ3v) is 16.3. The first kappa shape index (κ1) is 58.7. The molecule has 0 rings (SSSR count). The second-order valence-corrected chi connectivity index (χ2v) is 21.5. The zero-order valence-electron chi connectivity index (χ0n) is 32.7. The first-order chi connectivity index (χ1) is 24.4. The molecule has 312 valence electrons. The van der Waals surface area contributed by atoms with Gasteiger partial charge in [0.25, 0.3) is 0 Å². The van der Waals surface area contributed by atoms with Gasteiger partial charge in [0, 0.05) is 10.8 Å². The van der Waals surface area contributed by atoms with Crippen molar-refractivity contribution in [3.8, 4) is 0 Å². The second kappa shape index (κ2) is 36.4. The van der Waals surface area contributed by atoms with Gasteiger partial charge in [-0.05, 0) is 64.2 Å². The molecule has 53 heavy (non-hydrogen) atoms. The summed E-state index contributed by atoms with van der Waals surface area (Å²) >= 11 is 0. The molecule has 0 amide bonds. The summed E-state index contributed by atoms with van der Waals surface area (Å²) in [6.07, 6.45) is 35.4. The van der Waals surface area contributed by atoms with Crippen molar-refractivity contribution in [3.05, 3.63) is 24.3 Å². The Morgan fingerprint density at radius 2 is 0.528 bits per heavy atom. The molecule has 0 aromatic carbocycles. The van der Waals surface area contributed by atoms with E-state index in [1.54, 1.807) is 0 Å². The average molecular weight is 857 g/mol. The first-order valence-corrected chi connectivity index (χ1v) is 26.2. The quantitative estimate of drug-likeness (QED) is 0.0314. The number of hydrogen-bond acceptors (Lipinski definition) is 12. The van der Waals surface area contributed by atoms with Gasteiger partial charge >= 0.3 is 37.7 Å². The monoisotopic (exact) mass is 856 g/mol. The van der Waals surface area contributed by atoms with Gasteiger partial charge in [-0.25, -0.2) is 0 Å². The van der Waals surface area contributed by atoms with Crippen LogP contribution >= 0.6 is 30.4 Å². The smallest absolute Gasteiger partial charge is 0.810 e. The number of allylic oxidation sites excluding steroid dienone is 4. The van der Waals surface area contributed by atoms with E-state index in [9.17, 15) is 57.4 Å². The summed E-state index contributed by atoms with van der Waals surface area (Å²) in [6.45, 7) is 4.43. The van der Waals surface area contributed by atoms with Crippen LogP contribution in [0, 0.1) is 0 Å². The molecule has 0 saturated heterocycles. The summed E-state index contributed by atoms with van der Waals surface area (Å²) in [5, 5.41) is -4.58. The zero-order valence-corrected chi connectivity index (χ0v) is 38.4. The molecule has 17 heteroatoms. The molecule has 0 N–H and O–H groups in total. The Morgan fingerprint density at radius 3 is 0.736 bits per heavy atom. The van der Waals surface area contributed by atoms with Crippen LogP contribution in [0.1, 0.15) is 194 Å². The minimum atomic E-state index is -5.38. The Kier molecular flexibility index (Phi) is 40.3. The molecule has 0 atom stereocenters. The molecule has 12 nitrogen and oxygen atoms in total. The Labute approximate surface area is 351 Å². The van der Waals surface area contributed by atoms with Crippen molar-refractivity contribution >= 4 is 68.1 Å². The second-order valence-electron chi connectivity index (χ2n) is 13.9. The molecule has 0 aromatic heterocycles. The van der Waals surface area contributed by atoms with Crippen LogP contribution in [0.15, 0.2) is 24.3 Å². The van der Waals surface area contributed by atoms with E-state index < -0.39 is 41.2 Å². The van der Waals surface area contributed by atoms with Gasteiger partial charge in [0.15, 0.2) is 0 Å². The van der Waals surface area contributed by atoms with Crippen molar-refractivity contribution in [2.24, 2.45) is 0 Å². The van der Waals surface area contributed by atoms with Gasteiger partial charge in [-0.3, -0.25) is 0 Å². The van der Waals surface area contributed by atoms with Crippen LogP contribution in [0.5, 0.6) is 0 Å². The number of unbranched alkanes of at least 4 members (excludes halogenated alkanes) is 22. The minimum Gasteiger partial charge on any atom is -0.810 e. The van der Waals surface area contributed by atoms with Crippen LogP contribution in [-0.4, -0.2) is 48.5 Å². The molecule has 0 radical (unpaired) electrons. The summed E-state index contributed by atoms with van der Waals surface area (Å²) in [4.78, 5) is 86.8. The molecular weight excluding hydrogens is 788 g/mol. The molecule has 0 unspecified atom stereocenters. The predicted molar refractivity (Wildman–Crippen MR) is 203 cm³/mol. The summed E-state index contributed by atoms with van der Waals surface area (Å²) in [5.41, 5.74) is 0. The van der Waals surface area contributed by atoms with Crippen LogP contribution in [-0.2, 0) is 18.3 Å². The van der Waals surface area contributed by atoms with Crippen molar-refractivity contribution in [2.75, 3.05) is 0 Å². The van der Waals surface area contributed by atoms with Gasteiger partial charge in [-0.15, -0.1) is 0 Å². The molecule has 0 spiro atoms. The van der Waals surface area contributed by atoms with Gasteiger partial charge in [0.05, 0.1) is 0 Å². The van der Waals surface area contributed by atoms with Crippen LogP contribution in [0.3, 0.4) is 0 Å². The van der Waals surface area contributed by atoms with Crippen LogP contribution in [0.4, 0.5) is 0 Å². The normalized spacial score (nSPS) is 12.9. The molecule has 0 aliphatic rings. The van der Waals surface area contributed by atoms with Crippen molar-refractivity contribution in [1.29, 1.82) is 0 Å². The van der Waals surface area contributed by atoms with Crippen LogP contribution in [0.25, 0.3) is 0 Å². The fraction of sp³-hybridized carbons (Fsp3) is 0.889. The van der Waals surface area contributed by atoms with Gasteiger partial charge in [0.2, 0.25) is 0 Å². The van der Waals surface area contributed by atoms with E-state index in [0.717, 1.165) is 64.2 Å². The maximum Gasteiger partial charge on any atom is 2.00 e. The topological polar surface area (TPSA) is 253 Å². The van der Waals surface area contributed by atoms with Gasteiger partial charge in [0.1, 0.15) is 0 Å². The molecule has 0 saturated carbocycles. The summed E-state index contributed by atoms with van der Waals surface area (Å²) in [7, 11) is -21.5. The minimum absolute atomic E-state index is 0. The molecule has 0 aromatic rings.